The largest absolute Gasteiger partial charge is 0.496 e. The molecule has 1 amide bonds. The van der Waals surface area contributed by atoms with Crippen molar-refractivity contribution in [2.45, 2.75) is 39.5 Å². The number of aromatic nitrogens is 2. The molecule has 1 aromatic carbocycles. The first kappa shape index (κ1) is 17.5. The van der Waals surface area contributed by atoms with Crippen molar-refractivity contribution in [2.75, 3.05) is 20.2 Å². The van der Waals surface area contributed by atoms with Crippen molar-refractivity contribution in [3.05, 3.63) is 46.8 Å². The number of methoxy groups -OCH3 is 1. The van der Waals surface area contributed by atoms with Gasteiger partial charge < -0.3 is 9.64 Å². The third-order valence-corrected chi connectivity index (χ3v) is 5.08. The average Bonchev–Trinajstić information content (AvgIpc) is 3.00. The number of likely N-dealkylation sites (tertiary alicyclic amines) is 1. The first-order valence-corrected chi connectivity index (χ1v) is 8.97. The van der Waals surface area contributed by atoms with Crippen molar-refractivity contribution in [3.8, 4) is 5.75 Å². The molecule has 25 heavy (non-hydrogen) atoms. The Bertz CT molecular complexity index is 738. The van der Waals surface area contributed by atoms with E-state index in [1.54, 1.807) is 7.11 Å². The lowest BCUT2D eigenvalue weighted by Crippen LogP contribution is -2.41. The molecule has 0 unspecified atom stereocenters. The summed E-state index contributed by atoms with van der Waals surface area (Å²) in [6.45, 7) is 5.79. The van der Waals surface area contributed by atoms with Crippen molar-refractivity contribution >= 4 is 5.91 Å². The monoisotopic (exact) mass is 341 g/mol. The number of benzene rings is 1. The maximum absolute atomic E-state index is 12.8. The predicted octanol–water partition coefficient (Wildman–Crippen LogP) is 3.06. The highest BCUT2D eigenvalue weighted by Crippen LogP contribution is 2.24. The smallest absolute Gasteiger partial charge is 0.227 e. The third-order valence-electron chi connectivity index (χ3n) is 5.08. The van der Waals surface area contributed by atoms with E-state index >= 15 is 0 Å². The maximum atomic E-state index is 12.8. The topological polar surface area (TPSA) is 58.2 Å². The van der Waals surface area contributed by atoms with Crippen LogP contribution in [0.4, 0.5) is 0 Å². The molecule has 1 saturated heterocycles. The summed E-state index contributed by atoms with van der Waals surface area (Å²) in [7, 11) is 1.66. The molecule has 0 aliphatic carbocycles. The van der Waals surface area contributed by atoms with Gasteiger partial charge in [-0.3, -0.25) is 9.89 Å². The molecule has 134 valence electrons. The van der Waals surface area contributed by atoms with E-state index in [-0.39, 0.29) is 5.91 Å². The van der Waals surface area contributed by atoms with E-state index in [1.807, 2.05) is 36.2 Å². The maximum Gasteiger partial charge on any atom is 0.227 e. The zero-order valence-corrected chi connectivity index (χ0v) is 15.3. The molecule has 0 saturated carbocycles. The minimum absolute atomic E-state index is 0.190. The molecule has 1 N–H and O–H groups in total. The van der Waals surface area contributed by atoms with Gasteiger partial charge in [0.2, 0.25) is 5.91 Å². The number of hydrogen-bond donors (Lipinski definition) is 1. The summed E-state index contributed by atoms with van der Waals surface area (Å²) in [5.74, 6) is 1.48. The van der Waals surface area contributed by atoms with Gasteiger partial charge in [-0.25, -0.2) is 0 Å². The second-order valence-corrected chi connectivity index (χ2v) is 7.08. The number of aryl methyl sites for hydroxylation is 2. The molecule has 1 aliphatic heterocycles. The first-order valence-electron chi connectivity index (χ1n) is 8.97. The summed E-state index contributed by atoms with van der Waals surface area (Å²) >= 11 is 0. The lowest BCUT2D eigenvalue weighted by molar-refractivity contribution is -0.132. The van der Waals surface area contributed by atoms with Gasteiger partial charge in [-0.05, 0) is 50.7 Å². The Labute approximate surface area is 149 Å². The van der Waals surface area contributed by atoms with Crippen LogP contribution in [0, 0.1) is 19.8 Å². The van der Waals surface area contributed by atoms with Crippen LogP contribution in [0.15, 0.2) is 24.4 Å². The fraction of sp³-hybridized carbons (Fsp3) is 0.500. The highest BCUT2D eigenvalue weighted by Gasteiger charge is 2.25. The van der Waals surface area contributed by atoms with Crippen LogP contribution in [0.2, 0.25) is 0 Å². The van der Waals surface area contributed by atoms with Gasteiger partial charge in [0.25, 0.3) is 0 Å². The van der Waals surface area contributed by atoms with Crippen molar-refractivity contribution in [1.82, 2.24) is 15.1 Å². The fourth-order valence-electron chi connectivity index (χ4n) is 3.65. The minimum atomic E-state index is 0.190. The van der Waals surface area contributed by atoms with Crippen LogP contribution in [0.25, 0.3) is 0 Å². The van der Waals surface area contributed by atoms with Crippen molar-refractivity contribution < 1.29 is 9.53 Å². The number of nitrogens with one attached hydrogen (secondary N) is 1. The molecule has 5 heteroatoms. The highest BCUT2D eigenvalue weighted by molar-refractivity contribution is 5.79. The molecular formula is C20H27N3O2. The Balaban J connectivity index is 1.64. The summed E-state index contributed by atoms with van der Waals surface area (Å²) in [5.41, 5.74) is 4.52. The zero-order valence-electron chi connectivity index (χ0n) is 15.3. The van der Waals surface area contributed by atoms with E-state index in [4.69, 9.17) is 4.74 Å². The molecule has 3 rings (SSSR count). The van der Waals surface area contributed by atoms with E-state index in [1.165, 1.54) is 11.3 Å². The predicted molar refractivity (Wildman–Crippen MR) is 97.8 cm³/mol. The van der Waals surface area contributed by atoms with Gasteiger partial charge in [0.1, 0.15) is 5.75 Å². The van der Waals surface area contributed by atoms with E-state index in [9.17, 15) is 4.79 Å². The molecule has 1 aliphatic rings. The summed E-state index contributed by atoms with van der Waals surface area (Å²) in [5, 5.41) is 7.19. The first-order chi connectivity index (χ1) is 12.1. The quantitative estimate of drug-likeness (QED) is 0.909. The number of piperidine rings is 1. The van der Waals surface area contributed by atoms with Gasteiger partial charge in [-0.2, -0.15) is 5.10 Å². The van der Waals surface area contributed by atoms with Gasteiger partial charge >= 0.3 is 0 Å². The highest BCUT2D eigenvalue weighted by atomic mass is 16.5. The van der Waals surface area contributed by atoms with Gasteiger partial charge in [-0.1, -0.05) is 17.7 Å². The number of carbonyl (C=O) groups is 1. The number of carbonyl (C=O) groups excluding carboxylic acids is 1. The molecule has 0 bridgehead atoms. The molecule has 5 nitrogen and oxygen atoms in total. The summed E-state index contributed by atoms with van der Waals surface area (Å²) < 4.78 is 5.41. The fourth-order valence-corrected chi connectivity index (χ4v) is 3.65. The van der Waals surface area contributed by atoms with Gasteiger partial charge in [-0.15, -0.1) is 0 Å². The Hall–Kier alpha value is -2.30. The molecule has 1 atom stereocenters. The Morgan fingerprint density at radius 1 is 1.40 bits per heavy atom. The molecule has 2 heterocycles. The minimum Gasteiger partial charge on any atom is -0.496 e. The second kappa shape index (κ2) is 7.72. The molecule has 1 aromatic heterocycles. The Morgan fingerprint density at radius 2 is 2.24 bits per heavy atom. The van der Waals surface area contributed by atoms with Crippen LogP contribution < -0.4 is 4.74 Å². The Morgan fingerprint density at radius 3 is 2.96 bits per heavy atom. The van der Waals surface area contributed by atoms with Gasteiger partial charge in [0, 0.05) is 24.3 Å². The van der Waals surface area contributed by atoms with Crippen molar-refractivity contribution in [3.63, 3.8) is 0 Å². The van der Waals surface area contributed by atoms with Gasteiger partial charge in [0.05, 0.1) is 19.7 Å². The van der Waals surface area contributed by atoms with Crippen molar-refractivity contribution in [2.24, 2.45) is 5.92 Å². The molecule has 0 radical (unpaired) electrons. The van der Waals surface area contributed by atoms with E-state index in [0.717, 1.165) is 49.2 Å². The summed E-state index contributed by atoms with van der Waals surface area (Å²) in [4.78, 5) is 14.8. The Kier molecular flexibility index (Phi) is 5.41. The number of hydrogen-bond acceptors (Lipinski definition) is 3. The number of nitrogens with zero attached hydrogens (tertiary/aromatic N) is 2. The van der Waals surface area contributed by atoms with Crippen LogP contribution >= 0.6 is 0 Å². The van der Waals surface area contributed by atoms with Crippen LogP contribution in [0.3, 0.4) is 0 Å². The van der Waals surface area contributed by atoms with Crippen LogP contribution in [-0.4, -0.2) is 41.2 Å². The number of ether oxygens (including phenoxy) is 1. The summed E-state index contributed by atoms with van der Waals surface area (Å²) in [6, 6.07) is 6.00. The molecule has 1 fully saturated rings. The standard InChI is InChI=1S/C20H27N3O2/c1-14-6-7-19(25-3)17(9-14)11-20(24)23-8-4-5-16(13-23)10-18-15(2)12-21-22-18/h6-7,9,12,16H,4-5,8,10-11,13H2,1-3H3,(H,21,22)/t16-/m1/s1. The molecule has 0 spiro atoms. The number of rotatable bonds is 5. The van der Waals surface area contributed by atoms with E-state index < -0.39 is 0 Å². The second-order valence-electron chi connectivity index (χ2n) is 7.08. The molecule has 2 aromatic rings. The van der Waals surface area contributed by atoms with Crippen LogP contribution in [0.5, 0.6) is 5.75 Å². The van der Waals surface area contributed by atoms with Crippen LogP contribution in [0.1, 0.15) is 35.2 Å². The summed E-state index contributed by atoms with van der Waals surface area (Å²) in [6.07, 6.45) is 5.46. The van der Waals surface area contributed by atoms with E-state index in [2.05, 4.69) is 17.1 Å². The van der Waals surface area contributed by atoms with Crippen LogP contribution in [-0.2, 0) is 17.6 Å². The SMILES string of the molecule is COc1ccc(C)cc1CC(=O)N1CCC[C@H](Cc2[nH]ncc2C)C1. The van der Waals surface area contributed by atoms with E-state index in [0.29, 0.717) is 12.3 Å². The number of aromatic amines is 1. The third kappa shape index (κ3) is 4.21. The molecular weight excluding hydrogens is 314 g/mol. The average molecular weight is 341 g/mol. The normalized spacial score (nSPS) is 17.6. The number of H-pyrrole nitrogens is 1. The lowest BCUT2D eigenvalue weighted by Gasteiger charge is -2.33. The van der Waals surface area contributed by atoms with Gasteiger partial charge in [0.15, 0.2) is 0 Å². The van der Waals surface area contributed by atoms with Crippen molar-refractivity contribution in [1.29, 1.82) is 0 Å². The lowest BCUT2D eigenvalue weighted by atomic mass is 9.92. The zero-order chi connectivity index (χ0) is 17.8. The number of amides is 1.